The zero-order chi connectivity index (χ0) is 22.9. The highest BCUT2D eigenvalue weighted by atomic mass is 16.5. The normalized spacial score (nSPS) is 11.1. The van der Waals surface area contributed by atoms with Crippen molar-refractivity contribution in [2.24, 2.45) is 5.41 Å². The Morgan fingerprint density at radius 1 is 1.03 bits per heavy atom. The van der Waals surface area contributed by atoms with Crippen LogP contribution in [0.4, 0.5) is 5.69 Å². The number of hydrogen-bond donors (Lipinski definition) is 2. The maximum absolute atomic E-state index is 12.8. The van der Waals surface area contributed by atoms with Gasteiger partial charge in [-0.2, -0.15) is 0 Å². The van der Waals surface area contributed by atoms with E-state index in [9.17, 15) is 9.59 Å². The summed E-state index contributed by atoms with van der Waals surface area (Å²) in [4.78, 5) is 25.0. The first-order valence-electron chi connectivity index (χ1n) is 10.6. The van der Waals surface area contributed by atoms with Crippen molar-refractivity contribution in [3.8, 4) is 5.75 Å². The minimum Gasteiger partial charge on any atom is -0.493 e. The molecular weight excluding hydrogens is 392 g/mol. The van der Waals surface area contributed by atoms with Crippen molar-refractivity contribution in [3.05, 3.63) is 59.2 Å². The summed E-state index contributed by atoms with van der Waals surface area (Å²) >= 11 is 0. The summed E-state index contributed by atoms with van der Waals surface area (Å²) in [6.45, 7) is 9.34. The molecule has 0 bridgehead atoms. The van der Waals surface area contributed by atoms with Crippen molar-refractivity contribution < 1.29 is 19.1 Å². The Morgan fingerprint density at radius 3 is 2.55 bits per heavy atom. The lowest BCUT2D eigenvalue weighted by atomic mass is 9.87. The molecule has 0 fully saturated rings. The molecule has 2 amide bonds. The summed E-state index contributed by atoms with van der Waals surface area (Å²) in [6.07, 6.45) is 1.44. The van der Waals surface area contributed by atoms with Gasteiger partial charge in [-0.05, 0) is 62.1 Å². The third-order valence-corrected chi connectivity index (χ3v) is 5.14. The number of nitrogens with one attached hydrogen (secondary N) is 2. The van der Waals surface area contributed by atoms with Gasteiger partial charge < -0.3 is 20.1 Å². The van der Waals surface area contributed by atoms with Gasteiger partial charge in [-0.25, -0.2) is 0 Å². The first kappa shape index (κ1) is 24.4. The molecule has 31 heavy (non-hydrogen) atoms. The fourth-order valence-electron chi connectivity index (χ4n) is 3.08. The number of benzene rings is 2. The van der Waals surface area contributed by atoms with Crippen LogP contribution in [0.3, 0.4) is 0 Å². The molecule has 0 radical (unpaired) electrons. The van der Waals surface area contributed by atoms with Gasteiger partial charge in [0.05, 0.1) is 13.2 Å². The van der Waals surface area contributed by atoms with Crippen LogP contribution in [-0.2, 0) is 9.53 Å². The molecule has 0 saturated carbocycles. The second-order valence-electron chi connectivity index (χ2n) is 8.39. The number of rotatable bonds is 11. The summed E-state index contributed by atoms with van der Waals surface area (Å²) < 4.78 is 10.8. The predicted molar refractivity (Wildman–Crippen MR) is 124 cm³/mol. The van der Waals surface area contributed by atoms with Crippen molar-refractivity contribution in [2.75, 3.05) is 32.2 Å². The minimum atomic E-state index is -0.568. The van der Waals surface area contributed by atoms with E-state index in [0.717, 1.165) is 23.3 Å². The van der Waals surface area contributed by atoms with Crippen LogP contribution in [0, 0.1) is 19.3 Å². The van der Waals surface area contributed by atoms with Gasteiger partial charge in [-0.15, -0.1) is 0 Å². The Labute approximate surface area is 185 Å². The first-order valence-corrected chi connectivity index (χ1v) is 10.6. The zero-order valence-corrected chi connectivity index (χ0v) is 19.2. The molecule has 2 aromatic rings. The Kier molecular flexibility index (Phi) is 9.06. The van der Waals surface area contributed by atoms with Gasteiger partial charge in [0.15, 0.2) is 0 Å². The third kappa shape index (κ3) is 7.72. The number of hydrogen-bond acceptors (Lipinski definition) is 4. The molecule has 0 heterocycles. The number of carbonyl (C=O) groups is 2. The molecule has 6 nitrogen and oxygen atoms in total. The van der Waals surface area contributed by atoms with Crippen LogP contribution in [0.2, 0.25) is 0 Å². The quantitative estimate of drug-likeness (QED) is 0.519. The molecular formula is C25H34N2O4. The number of ether oxygens (including phenoxy) is 2. The van der Waals surface area contributed by atoms with Gasteiger partial charge in [-0.1, -0.05) is 32.0 Å². The Hall–Kier alpha value is -2.86. The monoisotopic (exact) mass is 426 g/mol. The summed E-state index contributed by atoms with van der Waals surface area (Å²) in [7, 11) is 1.58. The van der Waals surface area contributed by atoms with E-state index in [1.54, 1.807) is 31.4 Å². The van der Waals surface area contributed by atoms with Crippen molar-refractivity contribution in [1.29, 1.82) is 0 Å². The average molecular weight is 427 g/mol. The van der Waals surface area contributed by atoms with Crippen molar-refractivity contribution in [2.45, 2.75) is 40.5 Å². The molecule has 168 valence electrons. The molecule has 0 spiro atoms. The Morgan fingerprint density at radius 2 is 1.81 bits per heavy atom. The molecule has 0 aliphatic rings. The van der Waals surface area contributed by atoms with Crippen LogP contribution in [0.25, 0.3) is 0 Å². The summed E-state index contributed by atoms with van der Waals surface area (Å²) in [5.41, 5.74) is 2.79. The van der Waals surface area contributed by atoms with Crippen molar-refractivity contribution >= 4 is 17.5 Å². The third-order valence-electron chi connectivity index (χ3n) is 5.14. The van der Waals surface area contributed by atoms with E-state index in [0.29, 0.717) is 37.4 Å². The van der Waals surface area contributed by atoms with Gasteiger partial charge >= 0.3 is 0 Å². The number of anilines is 1. The largest absolute Gasteiger partial charge is 0.493 e. The lowest BCUT2D eigenvalue weighted by molar-refractivity contribution is -0.124. The van der Waals surface area contributed by atoms with E-state index in [1.165, 1.54) is 0 Å². The van der Waals surface area contributed by atoms with Gasteiger partial charge in [0, 0.05) is 30.3 Å². The van der Waals surface area contributed by atoms with Crippen LogP contribution >= 0.6 is 0 Å². The van der Waals surface area contributed by atoms with Gasteiger partial charge in [0.25, 0.3) is 5.91 Å². The van der Waals surface area contributed by atoms with Crippen molar-refractivity contribution in [1.82, 2.24) is 5.32 Å². The van der Waals surface area contributed by atoms with E-state index >= 15 is 0 Å². The molecule has 0 unspecified atom stereocenters. The number of amides is 2. The molecule has 0 aliphatic heterocycles. The molecule has 2 N–H and O–H groups in total. The number of carbonyl (C=O) groups excluding carboxylic acids is 2. The highest BCUT2D eigenvalue weighted by Crippen LogP contribution is 2.26. The van der Waals surface area contributed by atoms with E-state index in [1.807, 2.05) is 39.8 Å². The van der Waals surface area contributed by atoms with Crippen molar-refractivity contribution in [3.63, 3.8) is 0 Å². The van der Waals surface area contributed by atoms with E-state index in [-0.39, 0.29) is 11.8 Å². The minimum absolute atomic E-state index is 0.0869. The topological polar surface area (TPSA) is 76.7 Å². The number of aryl methyl sites for hydroxylation is 2. The van der Waals surface area contributed by atoms with Gasteiger partial charge in [0.1, 0.15) is 5.75 Å². The van der Waals surface area contributed by atoms with Crippen LogP contribution < -0.4 is 15.4 Å². The lowest BCUT2D eigenvalue weighted by Gasteiger charge is -2.24. The standard InChI is InChI=1S/C25H34N2O4/c1-18-10-11-19(2)22(16-18)31-14-7-12-25(3,4)24(29)27-21-9-6-8-20(17-21)23(28)26-13-15-30-5/h6,8-11,16-17H,7,12-15H2,1-5H3,(H,26,28)(H,27,29). The molecule has 0 saturated heterocycles. The Balaban J connectivity index is 1.86. The first-order chi connectivity index (χ1) is 14.7. The Bertz CT molecular complexity index is 893. The van der Waals surface area contributed by atoms with Crippen LogP contribution in [-0.4, -0.2) is 38.7 Å². The molecule has 0 atom stereocenters. The molecule has 0 aliphatic carbocycles. The lowest BCUT2D eigenvalue weighted by Crippen LogP contribution is -2.31. The molecule has 2 rings (SSSR count). The fraction of sp³-hybridized carbons (Fsp3) is 0.440. The average Bonchev–Trinajstić information content (AvgIpc) is 2.73. The summed E-state index contributed by atoms with van der Waals surface area (Å²) in [5, 5.41) is 5.71. The second kappa shape index (κ2) is 11.5. The zero-order valence-electron chi connectivity index (χ0n) is 19.2. The fourth-order valence-corrected chi connectivity index (χ4v) is 3.08. The van der Waals surface area contributed by atoms with Gasteiger partial charge in [0.2, 0.25) is 5.91 Å². The maximum atomic E-state index is 12.8. The van der Waals surface area contributed by atoms with Crippen LogP contribution in [0.15, 0.2) is 42.5 Å². The molecule has 2 aromatic carbocycles. The molecule has 0 aromatic heterocycles. The second-order valence-corrected chi connectivity index (χ2v) is 8.39. The van der Waals surface area contributed by atoms with Gasteiger partial charge in [-0.3, -0.25) is 9.59 Å². The predicted octanol–water partition coefficient (Wildman–Crippen LogP) is 4.50. The van der Waals surface area contributed by atoms with Crippen LogP contribution in [0.5, 0.6) is 5.75 Å². The maximum Gasteiger partial charge on any atom is 0.251 e. The van der Waals surface area contributed by atoms with E-state index < -0.39 is 5.41 Å². The van der Waals surface area contributed by atoms with Crippen LogP contribution in [0.1, 0.15) is 48.2 Å². The SMILES string of the molecule is COCCNC(=O)c1cccc(NC(=O)C(C)(C)CCCOc2cc(C)ccc2C)c1. The smallest absolute Gasteiger partial charge is 0.251 e. The number of methoxy groups -OCH3 is 1. The summed E-state index contributed by atoms with van der Waals surface area (Å²) in [6, 6.07) is 13.1. The highest BCUT2D eigenvalue weighted by molar-refractivity contribution is 5.98. The summed E-state index contributed by atoms with van der Waals surface area (Å²) in [5.74, 6) is 0.607. The highest BCUT2D eigenvalue weighted by Gasteiger charge is 2.27. The van der Waals surface area contributed by atoms with E-state index in [2.05, 4.69) is 16.7 Å². The van der Waals surface area contributed by atoms with E-state index in [4.69, 9.17) is 9.47 Å². The molecule has 6 heteroatoms.